The Morgan fingerprint density at radius 2 is 1.89 bits per heavy atom. The summed E-state index contributed by atoms with van der Waals surface area (Å²) < 4.78 is 6.93. The third kappa shape index (κ3) is 4.20. The van der Waals surface area contributed by atoms with Gasteiger partial charge in [-0.25, -0.2) is 4.68 Å². The van der Waals surface area contributed by atoms with Crippen LogP contribution in [-0.2, 0) is 14.9 Å². The Hall–Kier alpha value is -2.40. The van der Waals surface area contributed by atoms with Crippen LogP contribution in [0.4, 0.5) is 0 Å². The van der Waals surface area contributed by atoms with E-state index in [1.54, 1.807) is 0 Å². The molecule has 28 heavy (non-hydrogen) atoms. The van der Waals surface area contributed by atoms with Crippen LogP contribution in [-0.4, -0.2) is 35.4 Å². The van der Waals surface area contributed by atoms with E-state index in [0.717, 1.165) is 23.5 Å². The van der Waals surface area contributed by atoms with Gasteiger partial charge in [-0.1, -0.05) is 45.1 Å². The molecule has 0 spiro atoms. The van der Waals surface area contributed by atoms with Crippen LogP contribution in [0.1, 0.15) is 55.6 Å². The van der Waals surface area contributed by atoms with Crippen molar-refractivity contribution >= 4 is 5.91 Å². The number of methoxy groups -OCH3 is 1. The Balaban J connectivity index is 1.80. The predicted molar refractivity (Wildman–Crippen MR) is 112 cm³/mol. The molecule has 0 saturated heterocycles. The summed E-state index contributed by atoms with van der Waals surface area (Å²) in [6.07, 6.45) is 5.11. The molecule has 0 saturated carbocycles. The van der Waals surface area contributed by atoms with Crippen molar-refractivity contribution in [2.75, 3.05) is 13.7 Å². The highest BCUT2D eigenvalue weighted by molar-refractivity contribution is 5.77. The predicted octanol–water partition coefficient (Wildman–Crippen LogP) is 3.96. The smallest absolute Gasteiger partial charge is 0.246 e. The number of nitrogens with zero attached hydrogens (tertiary/aromatic N) is 2. The first-order valence-corrected chi connectivity index (χ1v) is 9.84. The monoisotopic (exact) mass is 381 g/mol. The van der Waals surface area contributed by atoms with Crippen molar-refractivity contribution in [3.63, 3.8) is 0 Å². The first-order valence-electron chi connectivity index (χ1n) is 9.84. The van der Waals surface area contributed by atoms with E-state index < -0.39 is 0 Å². The van der Waals surface area contributed by atoms with Crippen molar-refractivity contribution in [1.29, 1.82) is 0 Å². The minimum absolute atomic E-state index is 0.0425. The lowest BCUT2D eigenvalue weighted by molar-refractivity contribution is -0.125. The van der Waals surface area contributed by atoms with Gasteiger partial charge in [0.1, 0.15) is 6.61 Å². The van der Waals surface area contributed by atoms with E-state index in [1.165, 1.54) is 18.2 Å². The van der Waals surface area contributed by atoms with Gasteiger partial charge in [-0.05, 0) is 43.4 Å². The summed E-state index contributed by atoms with van der Waals surface area (Å²) in [4.78, 5) is 11.8. The van der Waals surface area contributed by atoms with Crippen LogP contribution in [0.15, 0.2) is 36.4 Å². The maximum absolute atomic E-state index is 11.8. The largest absolute Gasteiger partial charge is 0.375 e. The van der Waals surface area contributed by atoms with Gasteiger partial charge in [0, 0.05) is 30.3 Å². The molecule has 1 aliphatic rings. The molecule has 1 aliphatic carbocycles. The summed E-state index contributed by atoms with van der Waals surface area (Å²) in [7, 11) is 1.53. The standard InChI is InChI=1S/C23H31N3O2/c1-15-22(17-7-10-19(13-17)24-21(27)14-28-6)16(2)26(25-15)20-11-8-18(9-12-20)23(3,4)5/h7-12,17,19H,13-14H2,1-6H3,(H,24,27)/t17-,19-/m1/s1. The topological polar surface area (TPSA) is 56.1 Å². The van der Waals surface area contributed by atoms with E-state index in [4.69, 9.17) is 9.84 Å². The number of benzene rings is 1. The fraction of sp³-hybridized carbons (Fsp3) is 0.478. The molecule has 1 aromatic heterocycles. The second kappa shape index (κ2) is 7.92. The molecule has 0 fully saturated rings. The number of carbonyl (C=O) groups is 1. The summed E-state index contributed by atoms with van der Waals surface area (Å²) in [5.74, 6) is 0.177. The molecule has 3 rings (SSSR count). The number of hydrogen-bond acceptors (Lipinski definition) is 3. The molecular weight excluding hydrogens is 350 g/mol. The number of hydrogen-bond donors (Lipinski definition) is 1. The van der Waals surface area contributed by atoms with Gasteiger partial charge in [0.2, 0.25) is 5.91 Å². The number of ether oxygens (including phenoxy) is 1. The first-order chi connectivity index (χ1) is 13.2. The highest BCUT2D eigenvalue weighted by atomic mass is 16.5. The SMILES string of the molecule is COCC(=O)N[C@@H]1C=C[C@@H](c2c(C)nn(-c3ccc(C(C)(C)C)cc3)c2C)C1. The van der Waals surface area contributed by atoms with E-state index in [0.29, 0.717) is 0 Å². The quantitative estimate of drug-likeness (QED) is 0.798. The molecule has 1 amide bonds. The minimum atomic E-state index is -0.0825. The maximum Gasteiger partial charge on any atom is 0.246 e. The van der Waals surface area contributed by atoms with E-state index in [-0.39, 0.29) is 29.9 Å². The van der Waals surface area contributed by atoms with Crippen molar-refractivity contribution in [2.24, 2.45) is 0 Å². The summed E-state index contributed by atoms with van der Waals surface area (Å²) >= 11 is 0. The van der Waals surface area contributed by atoms with Gasteiger partial charge in [-0.3, -0.25) is 4.79 Å². The maximum atomic E-state index is 11.8. The van der Waals surface area contributed by atoms with E-state index >= 15 is 0 Å². The molecule has 2 aromatic rings. The molecule has 1 N–H and O–H groups in total. The van der Waals surface area contributed by atoms with Gasteiger partial charge < -0.3 is 10.1 Å². The highest BCUT2D eigenvalue weighted by Crippen LogP contribution is 2.34. The normalized spacial score (nSPS) is 19.2. The fourth-order valence-electron chi connectivity index (χ4n) is 3.95. The van der Waals surface area contributed by atoms with Crippen molar-refractivity contribution in [3.8, 4) is 5.69 Å². The fourth-order valence-corrected chi connectivity index (χ4v) is 3.95. The Morgan fingerprint density at radius 3 is 2.50 bits per heavy atom. The molecule has 5 heteroatoms. The zero-order valence-corrected chi connectivity index (χ0v) is 17.7. The number of carbonyl (C=O) groups excluding carboxylic acids is 1. The van der Waals surface area contributed by atoms with Crippen LogP contribution >= 0.6 is 0 Å². The van der Waals surface area contributed by atoms with Gasteiger partial charge in [0.25, 0.3) is 0 Å². The van der Waals surface area contributed by atoms with Crippen molar-refractivity contribution in [3.05, 3.63) is 58.9 Å². The number of aryl methyl sites for hydroxylation is 1. The second-order valence-electron chi connectivity index (χ2n) is 8.63. The Kier molecular flexibility index (Phi) is 5.75. The average Bonchev–Trinajstić information content (AvgIpc) is 3.18. The molecule has 150 valence electrons. The van der Waals surface area contributed by atoms with Gasteiger partial charge in [-0.15, -0.1) is 0 Å². The summed E-state index contributed by atoms with van der Waals surface area (Å²) in [5.41, 5.74) is 5.96. The molecule has 1 heterocycles. The number of amides is 1. The Labute approximate surface area is 167 Å². The molecular formula is C23H31N3O2. The van der Waals surface area contributed by atoms with Crippen LogP contribution < -0.4 is 5.32 Å². The third-order valence-electron chi connectivity index (χ3n) is 5.40. The molecule has 0 aliphatic heterocycles. The van der Waals surface area contributed by atoms with E-state index in [9.17, 15) is 4.79 Å². The molecule has 1 aromatic carbocycles. The third-order valence-corrected chi connectivity index (χ3v) is 5.40. The summed E-state index contributed by atoms with van der Waals surface area (Å²) in [6.45, 7) is 10.9. The Bertz CT molecular complexity index is 872. The molecule has 0 radical (unpaired) electrons. The van der Waals surface area contributed by atoms with Crippen molar-refractivity contribution in [1.82, 2.24) is 15.1 Å². The van der Waals surface area contributed by atoms with Crippen molar-refractivity contribution < 1.29 is 9.53 Å². The number of aromatic nitrogens is 2. The molecule has 2 atom stereocenters. The first kappa shape index (κ1) is 20.3. The zero-order chi connectivity index (χ0) is 20.5. The Morgan fingerprint density at radius 1 is 1.21 bits per heavy atom. The highest BCUT2D eigenvalue weighted by Gasteiger charge is 2.27. The average molecular weight is 382 g/mol. The van der Waals surface area contributed by atoms with E-state index in [2.05, 4.69) is 76.4 Å². The van der Waals surface area contributed by atoms with Gasteiger partial charge in [0.15, 0.2) is 0 Å². The molecule has 0 bridgehead atoms. The van der Waals surface area contributed by atoms with Gasteiger partial charge in [-0.2, -0.15) is 5.10 Å². The minimum Gasteiger partial charge on any atom is -0.375 e. The number of allylic oxidation sites excluding steroid dienone is 1. The van der Waals surface area contributed by atoms with Gasteiger partial charge >= 0.3 is 0 Å². The summed E-state index contributed by atoms with van der Waals surface area (Å²) in [5, 5.41) is 7.81. The zero-order valence-electron chi connectivity index (χ0n) is 17.7. The van der Waals surface area contributed by atoms with Crippen molar-refractivity contribution in [2.45, 2.75) is 58.4 Å². The lowest BCUT2D eigenvalue weighted by atomic mass is 9.87. The lowest BCUT2D eigenvalue weighted by Crippen LogP contribution is -2.35. The number of rotatable bonds is 5. The number of nitrogens with one attached hydrogen (secondary N) is 1. The molecule has 5 nitrogen and oxygen atoms in total. The summed E-state index contributed by atoms with van der Waals surface area (Å²) in [6, 6.07) is 8.69. The van der Waals surface area contributed by atoms with Crippen LogP contribution in [0.2, 0.25) is 0 Å². The lowest BCUT2D eigenvalue weighted by Gasteiger charge is -2.19. The van der Waals surface area contributed by atoms with Crippen LogP contribution in [0.25, 0.3) is 5.69 Å². The van der Waals surface area contributed by atoms with Gasteiger partial charge in [0.05, 0.1) is 11.4 Å². The van der Waals surface area contributed by atoms with E-state index in [1.807, 2.05) is 4.68 Å². The van der Waals surface area contributed by atoms with Crippen LogP contribution in [0.3, 0.4) is 0 Å². The van der Waals surface area contributed by atoms with Crippen LogP contribution in [0.5, 0.6) is 0 Å². The second-order valence-corrected chi connectivity index (χ2v) is 8.63. The molecule has 0 unspecified atom stereocenters. The van der Waals surface area contributed by atoms with Crippen LogP contribution in [0, 0.1) is 13.8 Å².